The van der Waals surface area contributed by atoms with Crippen LogP contribution in [0.5, 0.6) is 0 Å². The molecule has 0 aromatic carbocycles. The van der Waals surface area contributed by atoms with E-state index in [0.717, 1.165) is 11.5 Å². The Morgan fingerprint density at radius 3 is 2.80 bits per heavy atom. The zero-order chi connectivity index (χ0) is 10.7. The second kappa shape index (κ2) is 4.66. The molecule has 1 aromatic rings. The van der Waals surface area contributed by atoms with E-state index in [9.17, 15) is 0 Å². The molecule has 1 fully saturated rings. The minimum atomic E-state index is 0.179. The maximum Gasteiger partial charge on any atom is 0.167 e. The summed E-state index contributed by atoms with van der Waals surface area (Å²) in [7, 11) is 1.91. The first kappa shape index (κ1) is 10.5. The van der Waals surface area contributed by atoms with Crippen molar-refractivity contribution in [3.05, 3.63) is 17.7 Å². The van der Waals surface area contributed by atoms with E-state index in [-0.39, 0.29) is 6.04 Å². The van der Waals surface area contributed by atoms with Gasteiger partial charge in [-0.2, -0.15) is 5.10 Å². The van der Waals surface area contributed by atoms with Crippen LogP contribution < -0.4 is 5.32 Å². The summed E-state index contributed by atoms with van der Waals surface area (Å²) in [5.41, 5.74) is 1.12. The van der Waals surface area contributed by atoms with Crippen molar-refractivity contribution in [3.8, 4) is 0 Å². The van der Waals surface area contributed by atoms with Gasteiger partial charge in [0, 0.05) is 5.92 Å². The summed E-state index contributed by atoms with van der Waals surface area (Å²) < 4.78 is 0. The maximum absolute atomic E-state index is 4.59. The van der Waals surface area contributed by atoms with Crippen LogP contribution in [0.3, 0.4) is 0 Å². The predicted octanol–water partition coefficient (Wildman–Crippen LogP) is 1.81. The van der Waals surface area contributed by atoms with Gasteiger partial charge in [-0.3, -0.25) is 0 Å². The van der Waals surface area contributed by atoms with Gasteiger partial charge in [-0.05, 0) is 26.8 Å². The van der Waals surface area contributed by atoms with E-state index < -0.39 is 0 Å². The Morgan fingerprint density at radius 2 is 2.13 bits per heavy atom. The molecule has 1 saturated carbocycles. The standard InChI is InChI=1S/C11H18N4/c1-8(12-2)11-14-10(7-13-15-11)9-5-3-4-6-9/h7-9,12H,3-6H2,1-2H3. The molecule has 0 bridgehead atoms. The number of hydrogen-bond acceptors (Lipinski definition) is 4. The molecule has 1 heterocycles. The van der Waals surface area contributed by atoms with Crippen molar-refractivity contribution < 1.29 is 0 Å². The second-order valence-electron chi connectivity index (χ2n) is 4.23. The van der Waals surface area contributed by atoms with Gasteiger partial charge < -0.3 is 5.32 Å². The van der Waals surface area contributed by atoms with Crippen molar-refractivity contribution in [1.29, 1.82) is 0 Å². The topological polar surface area (TPSA) is 50.7 Å². The summed E-state index contributed by atoms with van der Waals surface area (Å²) in [6.07, 6.45) is 6.98. The molecule has 1 unspecified atom stereocenters. The van der Waals surface area contributed by atoms with Crippen LogP contribution in [0.2, 0.25) is 0 Å². The third kappa shape index (κ3) is 2.31. The van der Waals surface area contributed by atoms with Gasteiger partial charge in [0.15, 0.2) is 5.82 Å². The van der Waals surface area contributed by atoms with Gasteiger partial charge >= 0.3 is 0 Å². The molecule has 1 N–H and O–H groups in total. The molecule has 1 aliphatic carbocycles. The Hall–Kier alpha value is -1.03. The van der Waals surface area contributed by atoms with Gasteiger partial charge in [0.2, 0.25) is 0 Å². The van der Waals surface area contributed by atoms with Gasteiger partial charge in [0.25, 0.3) is 0 Å². The Labute approximate surface area is 90.5 Å². The number of aromatic nitrogens is 3. The number of nitrogens with zero attached hydrogens (tertiary/aromatic N) is 3. The third-order valence-electron chi connectivity index (χ3n) is 3.19. The first-order chi connectivity index (χ1) is 7.31. The fraction of sp³-hybridized carbons (Fsp3) is 0.727. The monoisotopic (exact) mass is 206 g/mol. The van der Waals surface area contributed by atoms with E-state index in [1.165, 1.54) is 25.7 Å². The number of rotatable bonds is 3. The van der Waals surface area contributed by atoms with Gasteiger partial charge in [-0.1, -0.05) is 12.8 Å². The summed E-state index contributed by atoms with van der Waals surface area (Å²) in [6.45, 7) is 2.05. The predicted molar refractivity (Wildman–Crippen MR) is 58.5 cm³/mol. The fourth-order valence-electron chi connectivity index (χ4n) is 2.06. The molecule has 0 spiro atoms. The lowest BCUT2D eigenvalue weighted by Crippen LogP contribution is -2.17. The number of nitrogens with one attached hydrogen (secondary N) is 1. The van der Waals surface area contributed by atoms with Crippen molar-refractivity contribution in [2.75, 3.05) is 7.05 Å². The van der Waals surface area contributed by atoms with Crippen molar-refractivity contribution in [2.45, 2.75) is 44.6 Å². The molecule has 0 radical (unpaired) electrons. The highest BCUT2D eigenvalue weighted by molar-refractivity contribution is 5.07. The zero-order valence-electron chi connectivity index (χ0n) is 9.40. The maximum atomic E-state index is 4.59. The molecular weight excluding hydrogens is 188 g/mol. The normalized spacial score (nSPS) is 19.3. The molecular formula is C11H18N4. The smallest absolute Gasteiger partial charge is 0.167 e. The zero-order valence-corrected chi connectivity index (χ0v) is 9.40. The molecule has 2 rings (SSSR count). The fourth-order valence-corrected chi connectivity index (χ4v) is 2.06. The molecule has 0 saturated heterocycles. The molecule has 4 nitrogen and oxygen atoms in total. The Kier molecular flexibility index (Phi) is 3.26. The van der Waals surface area contributed by atoms with Crippen LogP contribution in [0.15, 0.2) is 6.20 Å². The SMILES string of the molecule is CNC(C)c1nncc(C2CCCC2)n1. The van der Waals surface area contributed by atoms with Crippen LogP contribution in [0.1, 0.15) is 56.1 Å². The van der Waals surface area contributed by atoms with Gasteiger partial charge in [-0.25, -0.2) is 4.98 Å². The highest BCUT2D eigenvalue weighted by Gasteiger charge is 2.19. The van der Waals surface area contributed by atoms with Crippen molar-refractivity contribution in [1.82, 2.24) is 20.5 Å². The van der Waals surface area contributed by atoms with E-state index in [2.05, 4.69) is 27.4 Å². The third-order valence-corrected chi connectivity index (χ3v) is 3.19. The lowest BCUT2D eigenvalue weighted by molar-refractivity contribution is 0.577. The molecule has 0 aliphatic heterocycles. The van der Waals surface area contributed by atoms with Crippen molar-refractivity contribution in [3.63, 3.8) is 0 Å². The van der Waals surface area contributed by atoms with Crippen LogP contribution in [0.4, 0.5) is 0 Å². The van der Waals surface area contributed by atoms with Crippen molar-refractivity contribution >= 4 is 0 Å². The summed E-state index contributed by atoms with van der Waals surface area (Å²) in [5.74, 6) is 1.42. The molecule has 1 atom stereocenters. The van der Waals surface area contributed by atoms with Crippen LogP contribution in [-0.2, 0) is 0 Å². The first-order valence-electron chi connectivity index (χ1n) is 5.68. The van der Waals surface area contributed by atoms with Crippen LogP contribution in [0.25, 0.3) is 0 Å². The Balaban J connectivity index is 2.18. The molecule has 82 valence electrons. The van der Waals surface area contributed by atoms with Crippen LogP contribution >= 0.6 is 0 Å². The molecule has 1 aliphatic rings. The summed E-state index contributed by atoms with van der Waals surface area (Å²) >= 11 is 0. The lowest BCUT2D eigenvalue weighted by Gasteiger charge is -2.11. The molecule has 0 amide bonds. The van der Waals surface area contributed by atoms with E-state index in [4.69, 9.17) is 0 Å². The van der Waals surface area contributed by atoms with Gasteiger partial charge in [-0.15, -0.1) is 5.10 Å². The molecule has 15 heavy (non-hydrogen) atoms. The Morgan fingerprint density at radius 1 is 1.40 bits per heavy atom. The highest BCUT2D eigenvalue weighted by Crippen LogP contribution is 2.32. The van der Waals surface area contributed by atoms with Gasteiger partial charge in [0.1, 0.15) is 0 Å². The number of hydrogen-bond donors (Lipinski definition) is 1. The summed E-state index contributed by atoms with van der Waals surface area (Å²) in [5, 5.41) is 11.2. The minimum absolute atomic E-state index is 0.179. The van der Waals surface area contributed by atoms with E-state index in [0.29, 0.717) is 5.92 Å². The van der Waals surface area contributed by atoms with Crippen LogP contribution in [-0.4, -0.2) is 22.2 Å². The average molecular weight is 206 g/mol. The quantitative estimate of drug-likeness (QED) is 0.819. The first-order valence-corrected chi connectivity index (χ1v) is 5.68. The highest BCUT2D eigenvalue weighted by atomic mass is 15.2. The average Bonchev–Trinajstić information content (AvgIpc) is 2.82. The molecule has 4 heteroatoms. The van der Waals surface area contributed by atoms with Crippen LogP contribution in [0, 0.1) is 0 Å². The molecule has 1 aromatic heterocycles. The van der Waals surface area contributed by atoms with Crippen molar-refractivity contribution in [2.24, 2.45) is 0 Å². The van der Waals surface area contributed by atoms with E-state index in [1.807, 2.05) is 13.2 Å². The van der Waals surface area contributed by atoms with Gasteiger partial charge in [0.05, 0.1) is 17.9 Å². The van der Waals surface area contributed by atoms with E-state index >= 15 is 0 Å². The lowest BCUT2D eigenvalue weighted by atomic mass is 10.1. The largest absolute Gasteiger partial charge is 0.311 e. The summed E-state index contributed by atoms with van der Waals surface area (Å²) in [4.78, 5) is 4.59. The second-order valence-corrected chi connectivity index (χ2v) is 4.23. The summed E-state index contributed by atoms with van der Waals surface area (Å²) in [6, 6.07) is 0.179. The Bertz CT molecular complexity index is 320. The minimum Gasteiger partial charge on any atom is -0.311 e. The van der Waals surface area contributed by atoms with E-state index in [1.54, 1.807) is 0 Å².